The van der Waals surface area contributed by atoms with Gasteiger partial charge in [-0.2, -0.15) is 0 Å². The number of anilines is 1. The molecule has 0 bridgehead atoms. The highest BCUT2D eigenvalue weighted by molar-refractivity contribution is 5.95. The molecule has 0 saturated carbocycles. The molecule has 4 nitrogen and oxygen atoms in total. The van der Waals surface area contributed by atoms with Crippen molar-refractivity contribution in [2.24, 2.45) is 0 Å². The van der Waals surface area contributed by atoms with Crippen molar-refractivity contribution in [1.82, 2.24) is 9.97 Å². The molecular weight excluding hydrogens is 250 g/mol. The van der Waals surface area contributed by atoms with E-state index >= 15 is 0 Å². The summed E-state index contributed by atoms with van der Waals surface area (Å²) in [4.78, 5) is 19.2. The lowest BCUT2D eigenvalue weighted by Crippen LogP contribution is -2.17. The van der Waals surface area contributed by atoms with Crippen LogP contribution in [0.25, 0.3) is 22.2 Å². The van der Waals surface area contributed by atoms with Crippen LogP contribution in [0.15, 0.2) is 47.3 Å². The Kier molecular flexibility index (Phi) is 2.99. The lowest BCUT2D eigenvalue weighted by atomic mass is 10.0. The smallest absolute Gasteiger partial charge is 0.256 e. The van der Waals surface area contributed by atoms with Crippen LogP contribution in [0.5, 0.6) is 0 Å². The molecular formula is C16H15N3O. The van der Waals surface area contributed by atoms with Crippen molar-refractivity contribution < 1.29 is 0 Å². The van der Waals surface area contributed by atoms with Gasteiger partial charge in [-0.3, -0.25) is 4.79 Å². The lowest BCUT2D eigenvalue weighted by Gasteiger charge is -2.08. The number of nitrogens with two attached hydrogens (primary N) is 1. The zero-order valence-corrected chi connectivity index (χ0v) is 11.2. The first-order valence-corrected chi connectivity index (χ1v) is 6.57. The molecule has 3 N–H and O–H groups in total. The van der Waals surface area contributed by atoms with Gasteiger partial charge in [-0.25, -0.2) is 4.98 Å². The first-order chi connectivity index (χ1) is 9.70. The number of hydrogen-bond acceptors (Lipinski definition) is 3. The average Bonchev–Trinajstić information content (AvgIpc) is 2.46. The summed E-state index contributed by atoms with van der Waals surface area (Å²) < 4.78 is 0. The molecule has 0 aliphatic heterocycles. The molecule has 0 radical (unpaired) electrons. The maximum Gasteiger partial charge on any atom is 0.256 e. The van der Waals surface area contributed by atoms with Gasteiger partial charge in [0.25, 0.3) is 5.56 Å². The molecule has 0 atom stereocenters. The summed E-state index contributed by atoms with van der Waals surface area (Å²) in [5, 5.41) is 2.15. The number of benzene rings is 2. The van der Waals surface area contributed by atoms with Crippen molar-refractivity contribution in [2.75, 3.05) is 5.73 Å². The first-order valence-electron chi connectivity index (χ1n) is 6.57. The van der Waals surface area contributed by atoms with E-state index in [2.05, 4.69) is 9.97 Å². The Morgan fingerprint density at radius 3 is 2.65 bits per heavy atom. The van der Waals surface area contributed by atoms with Gasteiger partial charge in [0.1, 0.15) is 11.6 Å². The molecule has 0 saturated heterocycles. The minimum Gasteiger partial charge on any atom is -0.383 e. The topological polar surface area (TPSA) is 71.8 Å². The third-order valence-electron chi connectivity index (χ3n) is 3.45. The monoisotopic (exact) mass is 265 g/mol. The van der Waals surface area contributed by atoms with E-state index in [0.717, 1.165) is 16.3 Å². The van der Waals surface area contributed by atoms with Gasteiger partial charge in [-0.05, 0) is 17.2 Å². The molecule has 0 unspecified atom stereocenters. The van der Waals surface area contributed by atoms with Gasteiger partial charge in [0.15, 0.2) is 0 Å². The standard InChI is InChI=1S/C16H15N3O/c1-2-11-14(17)18-15(19-16(11)20)13-9-5-7-10-6-3-4-8-12(10)13/h3-9H,2H2,1H3,(H3,17,18,19,20). The third-order valence-corrected chi connectivity index (χ3v) is 3.45. The molecule has 0 fully saturated rings. The quantitative estimate of drug-likeness (QED) is 0.748. The van der Waals surface area contributed by atoms with Crippen molar-refractivity contribution in [3.8, 4) is 11.4 Å². The Labute approximate surface area is 116 Å². The van der Waals surface area contributed by atoms with Gasteiger partial charge in [0, 0.05) is 5.56 Å². The highest BCUT2D eigenvalue weighted by Gasteiger charge is 2.10. The average molecular weight is 265 g/mol. The van der Waals surface area contributed by atoms with Gasteiger partial charge in [-0.15, -0.1) is 0 Å². The van der Waals surface area contributed by atoms with Gasteiger partial charge in [-0.1, -0.05) is 49.4 Å². The van der Waals surface area contributed by atoms with E-state index in [4.69, 9.17) is 5.73 Å². The van der Waals surface area contributed by atoms with E-state index in [1.807, 2.05) is 49.4 Å². The van der Waals surface area contributed by atoms with E-state index in [0.29, 0.717) is 23.6 Å². The van der Waals surface area contributed by atoms with Crippen molar-refractivity contribution in [3.63, 3.8) is 0 Å². The number of nitrogen functional groups attached to an aromatic ring is 1. The van der Waals surface area contributed by atoms with Gasteiger partial charge in [0.2, 0.25) is 0 Å². The fraction of sp³-hybridized carbons (Fsp3) is 0.125. The molecule has 0 amide bonds. The zero-order valence-electron chi connectivity index (χ0n) is 11.2. The van der Waals surface area contributed by atoms with E-state index < -0.39 is 0 Å². The molecule has 3 aromatic rings. The predicted octanol–water partition coefficient (Wildman–Crippen LogP) is 2.73. The second-order valence-electron chi connectivity index (χ2n) is 4.66. The second kappa shape index (κ2) is 4.81. The number of fused-ring (bicyclic) bond motifs is 1. The minimum atomic E-state index is -0.164. The van der Waals surface area contributed by atoms with Gasteiger partial charge < -0.3 is 10.7 Å². The lowest BCUT2D eigenvalue weighted by molar-refractivity contribution is 1.02. The number of nitrogens with zero attached hydrogens (tertiary/aromatic N) is 1. The Balaban J connectivity index is 2.29. The Morgan fingerprint density at radius 2 is 1.90 bits per heavy atom. The maximum atomic E-state index is 12.0. The Hall–Kier alpha value is -2.62. The molecule has 100 valence electrons. The summed E-state index contributed by atoms with van der Waals surface area (Å²) in [6.45, 7) is 1.89. The van der Waals surface area contributed by atoms with Crippen LogP contribution >= 0.6 is 0 Å². The molecule has 20 heavy (non-hydrogen) atoms. The molecule has 0 aliphatic rings. The summed E-state index contributed by atoms with van der Waals surface area (Å²) in [6.07, 6.45) is 0.573. The largest absolute Gasteiger partial charge is 0.383 e. The number of hydrogen-bond donors (Lipinski definition) is 2. The summed E-state index contributed by atoms with van der Waals surface area (Å²) >= 11 is 0. The Morgan fingerprint density at radius 1 is 1.15 bits per heavy atom. The normalized spacial score (nSPS) is 10.8. The van der Waals surface area contributed by atoms with Crippen LogP contribution in [0.4, 0.5) is 5.82 Å². The zero-order chi connectivity index (χ0) is 14.1. The minimum absolute atomic E-state index is 0.164. The predicted molar refractivity (Wildman–Crippen MR) is 81.6 cm³/mol. The highest BCUT2D eigenvalue weighted by Crippen LogP contribution is 2.26. The van der Waals surface area contributed by atoms with E-state index in [1.165, 1.54) is 0 Å². The molecule has 0 spiro atoms. The van der Waals surface area contributed by atoms with Crippen molar-refractivity contribution >= 4 is 16.6 Å². The molecule has 3 rings (SSSR count). The molecule has 1 heterocycles. The molecule has 1 aromatic heterocycles. The molecule has 2 aromatic carbocycles. The van der Waals surface area contributed by atoms with Gasteiger partial charge in [0.05, 0.1) is 5.56 Å². The van der Waals surface area contributed by atoms with Crippen LogP contribution in [-0.2, 0) is 6.42 Å². The number of nitrogens with one attached hydrogen (secondary N) is 1. The first kappa shape index (κ1) is 12.4. The molecule has 0 aliphatic carbocycles. The number of H-pyrrole nitrogens is 1. The summed E-state index contributed by atoms with van der Waals surface area (Å²) in [5.41, 5.74) is 7.14. The van der Waals surface area contributed by atoms with Crippen molar-refractivity contribution in [3.05, 3.63) is 58.4 Å². The van der Waals surface area contributed by atoms with Crippen LogP contribution in [-0.4, -0.2) is 9.97 Å². The summed E-state index contributed by atoms with van der Waals surface area (Å²) in [7, 11) is 0. The summed E-state index contributed by atoms with van der Waals surface area (Å²) in [5.74, 6) is 0.820. The van der Waals surface area contributed by atoms with Crippen LogP contribution < -0.4 is 11.3 Å². The number of aromatic amines is 1. The van der Waals surface area contributed by atoms with E-state index in [9.17, 15) is 4.79 Å². The fourth-order valence-corrected chi connectivity index (χ4v) is 2.42. The van der Waals surface area contributed by atoms with E-state index in [1.54, 1.807) is 0 Å². The highest BCUT2D eigenvalue weighted by atomic mass is 16.1. The van der Waals surface area contributed by atoms with Crippen LogP contribution in [0.1, 0.15) is 12.5 Å². The van der Waals surface area contributed by atoms with Crippen molar-refractivity contribution in [1.29, 1.82) is 0 Å². The summed E-state index contributed by atoms with van der Waals surface area (Å²) in [6, 6.07) is 13.9. The second-order valence-corrected chi connectivity index (χ2v) is 4.66. The van der Waals surface area contributed by atoms with Crippen LogP contribution in [0.2, 0.25) is 0 Å². The third kappa shape index (κ3) is 1.95. The van der Waals surface area contributed by atoms with Crippen LogP contribution in [0, 0.1) is 0 Å². The number of rotatable bonds is 2. The maximum absolute atomic E-state index is 12.0. The van der Waals surface area contributed by atoms with Crippen LogP contribution in [0.3, 0.4) is 0 Å². The molecule has 4 heteroatoms. The van der Waals surface area contributed by atoms with Gasteiger partial charge >= 0.3 is 0 Å². The SMILES string of the molecule is CCc1c(N)nc(-c2cccc3ccccc23)[nH]c1=O. The Bertz CT molecular complexity index is 831. The van der Waals surface area contributed by atoms with E-state index in [-0.39, 0.29) is 5.56 Å². The fourth-order valence-electron chi connectivity index (χ4n) is 2.42. The number of aromatic nitrogens is 2. The van der Waals surface area contributed by atoms with Crippen molar-refractivity contribution in [2.45, 2.75) is 13.3 Å².